The highest BCUT2D eigenvalue weighted by Gasteiger charge is 2.31. The van der Waals surface area contributed by atoms with Crippen LogP contribution in [0.5, 0.6) is 0 Å². The van der Waals surface area contributed by atoms with Crippen molar-refractivity contribution >= 4 is 5.91 Å². The lowest BCUT2D eigenvalue weighted by atomic mass is 10.0. The Morgan fingerprint density at radius 2 is 2.10 bits per heavy atom. The summed E-state index contributed by atoms with van der Waals surface area (Å²) in [7, 11) is 0. The van der Waals surface area contributed by atoms with Gasteiger partial charge in [-0.15, -0.1) is 0 Å². The molecule has 21 heavy (non-hydrogen) atoms. The number of rotatable bonds is 3. The Morgan fingerprint density at radius 1 is 1.33 bits per heavy atom. The molecule has 1 fully saturated rings. The Kier molecular flexibility index (Phi) is 3.73. The van der Waals surface area contributed by atoms with Gasteiger partial charge in [-0.05, 0) is 43.5 Å². The van der Waals surface area contributed by atoms with E-state index in [1.807, 2.05) is 11.8 Å². The molecule has 2 aromatic rings. The van der Waals surface area contributed by atoms with Gasteiger partial charge in [0.15, 0.2) is 0 Å². The van der Waals surface area contributed by atoms with Crippen LogP contribution in [0, 0.1) is 5.82 Å². The second-order valence-electron chi connectivity index (χ2n) is 5.24. The third kappa shape index (κ3) is 2.55. The quantitative estimate of drug-likeness (QED) is 0.870. The highest BCUT2D eigenvalue weighted by atomic mass is 19.1. The summed E-state index contributed by atoms with van der Waals surface area (Å²) in [5.74, 6) is -0.250. The fraction of sp³-hybridized carbons (Fsp3) is 0.375. The molecule has 0 N–H and O–H groups in total. The molecule has 0 aliphatic carbocycles. The molecule has 1 atom stereocenters. The maximum Gasteiger partial charge on any atom is 0.272 e. The molecule has 2 heterocycles. The second-order valence-corrected chi connectivity index (χ2v) is 5.24. The van der Waals surface area contributed by atoms with Gasteiger partial charge in [0.2, 0.25) is 0 Å². The summed E-state index contributed by atoms with van der Waals surface area (Å²) in [6, 6.07) is 8.22. The van der Waals surface area contributed by atoms with Gasteiger partial charge in [0.1, 0.15) is 11.5 Å². The van der Waals surface area contributed by atoms with Gasteiger partial charge in [-0.2, -0.15) is 5.10 Å². The number of nitrogens with zero attached hydrogens (tertiary/aromatic N) is 3. The topological polar surface area (TPSA) is 38.1 Å². The standard InChI is InChI=1S/C16H18FN3O/c1-2-20-15(9-10-18-20)16(21)19-11-3-4-14(19)12-5-7-13(17)8-6-12/h5-10,14H,2-4,11H2,1H3/t14-/m0/s1. The lowest BCUT2D eigenvalue weighted by Crippen LogP contribution is -2.32. The molecule has 1 saturated heterocycles. The second kappa shape index (κ2) is 5.68. The Morgan fingerprint density at radius 3 is 2.81 bits per heavy atom. The molecule has 5 heteroatoms. The molecule has 1 amide bonds. The van der Waals surface area contributed by atoms with Crippen LogP contribution in [0.1, 0.15) is 41.9 Å². The third-order valence-electron chi connectivity index (χ3n) is 4.00. The molecule has 1 aliphatic heterocycles. The van der Waals surface area contributed by atoms with Gasteiger partial charge < -0.3 is 4.90 Å². The van der Waals surface area contributed by atoms with Crippen LogP contribution >= 0.6 is 0 Å². The lowest BCUT2D eigenvalue weighted by Gasteiger charge is -2.25. The zero-order valence-electron chi connectivity index (χ0n) is 12.0. The number of aryl methyl sites for hydroxylation is 1. The molecule has 1 aromatic carbocycles. The minimum absolute atomic E-state index is 0.00109. The molecular weight excluding hydrogens is 269 g/mol. The smallest absolute Gasteiger partial charge is 0.272 e. The Labute approximate surface area is 123 Å². The number of carbonyl (C=O) groups is 1. The van der Waals surface area contributed by atoms with Crippen molar-refractivity contribution in [2.45, 2.75) is 32.4 Å². The normalized spacial score (nSPS) is 18.2. The first-order valence-electron chi connectivity index (χ1n) is 7.29. The van der Waals surface area contributed by atoms with Gasteiger partial charge in [-0.1, -0.05) is 12.1 Å². The molecular formula is C16H18FN3O. The largest absolute Gasteiger partial charge is 0.330 e. The number of halogens is 1. The molecule has 4 nitrogen and oxygen atoms in total. The van der Waals surface area contributed by atoms with Gasteiger partial charge in [0.05, 0.1) is 6.04 Å². The summed E-state index contributed by atoms with van der Waals surface area (Å²) in [6.45, 7) is 3.37. The fourth-order valence-electron chi connectivity index (χ4n) is 2.95. The predicted molar refractivity (Wildman–Crippen MR) is 77.3 cm³/mol. The molecule has 1 aliphatic rings. The zero-order chi connectivity index (χ0) is 14.8. The van der Waals surface area contributed by atoms with Crippen LogP contribution in [-0.4, -0.2) is 27.1 Å². The summed E-state index contributed by atoms with van der Waals surface area (Å²) in [5, 5.41) is 4.16. The number of hydrogen-bond donors (Lipinski definition) is 0. The van der Waals surface area contributed by atoms with Crippen LogP contribution in [0.15, 0.2) is 36.5 Å². The number of benzene rings is 1. The van der Waals surface area contributed by atoms with Crippen LogP contribution in [0.2, 0.25) is 0 Å². The molecule has 0 unspecified atom stereocenters. The first-order chi connectivity index (χ1) is 10.2. The minimum atomic E-state index is -0.251. The van der Waals surface area contributed by atoms with Crippen LogP contribution < -0.4 is 0 Å². The van der Waals surface area contributed by atoms with Crippen molar-refractivity contribution in [2.75, 3.05) is 6.54 Å². The number of carbonyl (C=O) groups excluding carboxylic acids is 1. The van der Waals surface area contributed by atoms with E-state index in [2.05, 4.69) is 5.10 Å². The monoisotopic (exact) mass is 287 g/mol. The molecule has 0 radical (unpaired) electrons. The van der Waals surface area contributed by atoms with E-state index in [1.165, 1.54) is 12.1 Å². The van der Waals surface area contributed by atoms with Gasteiger partial charge >= 0.3 is 0 Å². The minimum Gasteiger partial charge on any atom is -0.330 e. The van der Waals surface area contributed by atoms with Crippen molar-refractivity contribution in [3.8, 4) is 0 Å². The molecule has 3 rings (SSSR count). The molecule has 0 spiro atoms. The highest BCUT2D eigenvalue weighted by Crippen LogP contribution is 2.33. The van der Waals surface area contributed by atoms with E-state index >= 15 is 0 Å². The SMILES string of the molecule is CCn1nccc1C(=O)N1CCC[C@H]1c1ccc(F)cc1. The van der Waals surface area contributed by atoms with Crippen molar-refractivity contribution in [3.05, 3.63) is 53.6 Å². The van der Waals surface area contributed by atoms with Crippen LogP contribution in [0.3, 0.4) is 0 Å². The molecule has 0 bridgehead atoms. The summed E-state index contributed by atoms with van der Waals surface area (Å²) in [6.07, 6.45) is 3.53. The van der Waals surface area contributed by atoms with Crippen molar-refractivity contribution in [1.29, 1.82) is 0 Å². The Hall–Kier alpha value is -2.17. The van der Waals surface area contributed by atoms with Crippen LogP contribution in [0.4, 0.5) is 4.39 Å². The number of amides is 1. The van der Waals surface area contributed by atoms with E-state index in [-0.39, 0.29) is 17.8 Å². The van der Waals surface area contributed by atoms with Gasteiger partial charge in [0.25, 0.3) is 5.91 Å². The van der Waals surface area contributed by atoms with E-state index in [9.17, 15) is 9.18 Å². The number of aromatic nitrogens is 2. The van der Waals surface area contributed by atoms with Crippen LogP contribution in [-0.2, 0) is 6.54 Å². The van der Waals surface area contributed by atoms with Crippen molar-refractivity contribution in [1.82, 2.24) is 14.7 Å². The molecule has 0 saturated carbocycles. The summed E-state index contributed by atoms with van der Waals surface area (Å²) >= 11 is 0. The lowest BCUT2D eigenvalue weighted by molar-refractivity contribution is 0.0723. The number of likely N-dealkylation sites (tertiary alicyclic amines) is 1. The fourth-order valence-corrected chi connectivity index (χ4v) is 2.95. The van der Waals surface area contributed by atoms with E-state index in [4.69, 9.17) is 0 Å². The molecule has 110 valence electrons. The van der Waals surface area contributed by atoms with Gasteiger partial charge in [-0.3, -0.25) is 9.48 Å². The van der Waals surface area contributed by atoms with E-state index in [0.29, 0.717) is 12.2 Å². The highest BCUT2D eigenvalue weighted by molar-refractivity contribution is 5.93. The first-order valence-corrected chi connectivity index (χ1v) is 7.29. The Bertz CT molecular complexity index is 635. The summed E-state index contributed by atoms with van der Waals surface area (Å²) in [5.41, 5.74) is 1.61. The Balaban J connectivity index is 1.87. The van der Waals surface area contributed by atoms with Crippen molar-refractivity contribution < 1.29 is 9.18 Å². The van der Waals surface area contributed by atoms with Crippen molar-refractivity contribution in [2.24, 2.45) is 0 Å². The van der Waals surface area contributed by atoms with E-state index in [0.717, 1.165) is 24.9 Å². The third-order valence-corrected chi connectivity index (χ3v) is 4.00. The number of hydrogen-bond acceptors (Lipinski definition) is 2. The summed E-state index contributed by atoms with van der Waals surface area (Å²) in [4.78, 5) is 14.6. The average molecular weight is 287 g/mol. The summed E-state index contributed by atoms with van der Waals surface area (Å²) < 4.78 is 14.8. The van der Waals surface area contributed by atoms with Gasteiger partial charge in [-0.25, -0.2) is 4.39 Å². The van der Waals surface area contributed by atoms with Gasteiger partial charge in [0, 0.05) is 19.3 Å². The maximum atomic E-state index is 13.1. The average Bonchev–Trinajstić information content (AvgIpc) is 3.16. The zero-order valence-corrected chi connectivity index (χ0v) is 12.0. The molecule has 1 aromatic heterocycles. The van der Waals surface area contributed by atoms with Crippen LogP contribution in [0.25, 0.3) is 0 Å². The van der Waals surface area contributed by atoms with E-state index < -0.39 is 0 Å². The van der Waals surface area contributed by atoms with E-state index in [1.54, 1.807) is 29.1 Å². The van der Waals surface area contributed by atoms with Crippen molar-refractivity contribution in [3.63, 3.8) is 0 Å². The predicted octanol–water partition coefficient (Wildman–Crippen LogP) is 3.02. The maximum absolute atomic E-state index is 13.1. The first kappa shape index (κ1) is 13.8.